The highest BCUT2D eigenvalue weighted by molar-refractivity contribution is 5.74. The number of hydrogen-bond donors (Lipinski definition) is 0. The fourth-order valence-corrected chi connectivity index (χ4v) is 4.33. The van der Waals surface area contributed by atoms with E-state index in [1.807, 2.05) is 13.8 Å². The largest absolute Gasteiger partial charge is 0.453 e. The first-order valence-corrected chi connectivity index (χ1v) is 8.63. The second kappa shape index (κ2) is 6.47. The van der Waals surface area contributed by atoms with Gasteiger partial charge in [0.25, 0.3) is 0 Å². The third-order valence-electron chi connectivity index (χ3n) is 6.40. The maximum atomic E-state index is 14.2. The number of carbonyl (C=O) groups excluding carboxylic acids is 1. The van der Waals surface area contributed by atoms with E-state index >= 15 is 0 Å². The van der Waals surface area contributed by atoms with Crippen LogP contribution in [-0.2, 0) is 9.53 Å². The minimum Gasteiger partial charge on any atom is -0.453 e. The van der Waals surface area contributed by atoms with Gasteiger partial charge in [0.15, 0.2) is 5.60 Å². The molecule has 0 aromatic rings. The van der Waals surface area contributed by atoms with Gasteiger partial charge in [0.2, 0.25) is 0 Å². The van der Waals surface area contributed by atoms with Crippen LogP contribution < -0.4 is 0 Å². The molecule has 2 saturated carbocycles. The summed E-state index contributed by atoms with van der Waals surface area (Å²) in [7, 11) is 0. The molecular weight excluding hydrogens is 388 g/mol. The van der Waals surface area contributed by atoms with Crippen LogP contribution in [0, 0.1) is 29.6 Å². The third kappa shape index (κ3) is 3.10. The van der Waals surface area contributed by atoms with Crippen LogP contribution in [0.3, 0.4) is 0 Å². The number of rotatable bonds is 6. The quantitative estimate of drug-likeness (QED) is 0.433. The van der Waals surface area contributed by atoms with Crippen LogP contribution in [0.25, 0.3) is 0 Å². The van der Waals surface area contributed by atoms with Gasteiger partial charge in [-0.3, -0.25) is 4.79 Å². The van der Waals surface area contributed by atoms with Crippen LogP contribution in [0.1, 0.15) is 40.5 Å². The topological polar surface area (TPSA) is 26.3 Å². The van der Waals surface area contributed by atoms with Crippen LogP contribution >= 0.6 is 0 Å². The molecule has 5 atom stereocenters. The number of esters is 1. The maximum absolute atomic E-state index is 14.2. The van der Waals surface area contributed by atoms with Gasteiger partial charge in [-0.1, -0.05) is 13.8 Å². The molecule has 2 aliphatic rings. The van der Waals surface area contributed by atoms with E-state index < -0.39 is 41.7 Å². The fraction of sp³-hybridized carbons (Fsp3) is 0.941. The van der Waals surface area contributed by atoms with E-state index in [1.165, 1.54) is 0 Å². The van der Waals surface area contributed by atoms with Gasteiger partial charge in [-0.05, 0) is 50.4 Å². The smallest absolute Gasteiger partial charge is 0.381 e. The van der Waals surface area contributed by atoms with Crippen LogP contribution in [-0.4, -0.2) is 35.8 Å². The molecule has 10 heteroatoms. The van der Waals surface area contributed by atoms with Crippen molar-refractivity contribution >= 4 is 5.97 Å². The van der Waals surface area contributed by atoms with E-state index in [2.05, 4.69) is 4.74 Å². The maximum Gasteiger partial charge on any atom is 0.381 e. The van der Waals surface area contributed by atoms with E-state index in [0.717, 1.165) is 0 Å². The van der Waals surface area contributed by atoms with Crippen LogP contribution in [0.4, 0.5) is 35.1 Å². The molecule has 0 aromatic heterocycles. The Bertz CT molecular complexity index is 587. The summed E-state index contributed by atoms with van der Waals surface area (Å²) in [6, 6.07) is 0. The van der Waals surface area contributed by atoms with Crippen LogP contribution in [0.2, 0.25) is 0 Å². The first-order chi connectivity index (χ1) is 12.0. The van der Waals surface area contributed by atoms with Crippen molar-refractivity contribution in [3.05, 3.63) is 0 Å². The Kier molecular flexibility index (Phi) is 5.32. The zero-order valence-corrected chi connectivity index (χ0v) is 15.2. The molecule has 2 aliphatic carbocycles. The fourth-order valence-electron chi connectivity index (χ4n) is 4.33. The number of fused-ring (bicyclic) bond motifs is 2. The second-order valence-electron chi connectivity index (χ2n) is 8.22. The molecule has 0 amide bonds. The molecule has 5 unspecified atom stereocenters. The minimum absolute atomic E-state index is 0.0922. The third-order valence-corrected chi connectivity index (χ3v) is 6.40. The Morgan fingerprint density at radius 3 is 1.85 bits per heavy atom. The summed E-state index contributed by atoms with van der Waals surface area (Å²) in [6.07, 6.45) is -4.02. The minimum atomic E-state index is -6.42. The number of carbonyl (C=O) groups is 1. The summed E-state index contributed by atoms with van der Waals surface area (Å²) in [4.78, 5) is 12.3. The number of hydrogen-bond acceptors (Lipinski definition) is 2. The molecule has 2 nitrogen and oxygen atoms in total. The molecule has 2 fully saturated rings. The molecule has 0 heterocycles. The molecule has 2 rings (SSSR count). The normalized spacial score (nSPS) is 32.3. The summed E-state index contributed by atoms with van der Waals surface area (Å²) in [5.74, 6) is -20.1. The molecule has 0 saturated heterocycles. The van der Waals surface area contributed by atoms with Crippen LogP contribution in [0.5, 0.6) is 0 Å². The Morgan fingerprint density at radius 2 is 1.44 bits per heavy atom. The lowest BCUT2D eigenvalue weighted by Gasteiger charge is -2.41. The van der Waals surface area contributed by atoms with Gasteiger partial charge in [-0.15, -0.1) is 0 Å². The van der Waals surface area contributed by atoms with Crippen molar-refractivity contribution in [1.29, 1.82) is 0 Å². The van der Waals surface area contributed by atoms with Crippen molar-refractivity contribution in [2.75, 3.05) is 0 Å². The molecule has 0 spiro atoms. The van der Waals surface area contributed by atoms with Gasteiger partial charge in [-0.25, -0.2) is 8.78 Å². The average Bonchev–Trinajstić information content (AvgIpc) is 3.07. The van der Waals surface area contributed by atoms with Crippen molar-refractivity contribution in [3.63, 3.8) is 0 Å². The first kappa shape index (κ1) is 22.2. The van der Waals surface area contributed by atoms with Gasteiger partial charge in [0, 0.05) is 0 Å². The lowest BCUT2D eigenvalue weighted by molar-refractivity contribution is -0.370. The number of ether oxygens (including phenoxy) is 1. The Hall–Kier alpha value is -1.09. The zero-order valence-electron chi connectivity index (χ0n) is 15.2. The van der Waals surface area contributed by atoms with E-state index in [1.54, 1.807) is 0 Å². The van der Waals surface area contributed by atoms with Gasteiger partial charge in [-0.2, -0.15) is 26.3 Å². The Labute approximate surface area is 151 Å². The monoisotopic (exact) mass is 410 g/mol. The zero-order chi connectivity index (χ0) is 21.2. The van der Waals surface area contributed by atoms with Gasteiger partial charge >= 0.3 is 30.2 Å². The molecule has 0 aliphatic heterocycles. The van der Waals surface area contributed by atoms with E-state index in [-0.39, 0.29) is 17.8 Å². The Morgan fingerprint density at radius 1 is 0.926 bits per heavy atom. The van der Waals surface area contributed by atoms with E-state index in [9.17, 15) is 39.9 Å². The van der Waals surface area contributed by atoms with Crippen molar-refractivity contribution < 1.29 is 44.7 Å². The standard InChI is InChI=1S/C17H22F8O2/c1-7-8(2)10-5-9(7)6-11(10)12(26)27-14(3,4)16(22,23)17(24,25)15(20,21)13(18)19/h7-11,13H,5-6H2,1-4H3. The Balaban J connectivity index is 2.21. The number of halogens is 8. The average molecular weight is 410 g/mol. The second-order valence-corrected chi connectivity index (χ2v) is 8.22. The van der Waals surface area contributed by atoms with Crippen LogP contribution in [0.15, 0.2) is 0 Å². The van der Waals surface area contributed by atoms with Crippen molar-refractivity contribution in [1.82, 2.24) is 0 Å². The highest BCUT2D eigenvalue weighted by Crippen LogP contribution is 2.57. The summed E-state index contributed by atoms with van der Waals surface area (Å²) >= 11 is 0. The first-order valence-electron chi connectivity index (χ1n) is 8.63. The molecule has 0 aromatic carbocycles. The SMILES string of the molecule is CC1C2CC(C(=O)OC(C)(C)C(F)(F)C(F)(F)C(F)(F)C(F)F)C(C2)C1C. The predicted molar refractivity (Wildman–Crippen MR) is 79.0 cm³/mol. The predicted octanol–water partition coefficient (Wildman–Crippen LogP) is 5.41. The van der Waals surface area contributed by atoms with Crippen molar-refractivity contribution in [2.24, 2.45) is 29.6 Å². The highest BCUT2D eigenvalue weighted by Gasteiger charge is 2.80. The lowest BCUT2D eigenvalue weighted by atomic mass is 9.75. The summed E-state index contributed by atoms with van der Waals surface area (Å²) in [6.45, 7) is 4.51. The molecule has 27 heavy (non-hydrogen) atoms. The lowest BCUT2D eigenvalue weighted by Crippen LogP contribution is -2.66. The molecule has 2 bridgehead atoms. The molecule has 158 valence electrons. The summed E-state index contributed by atoms with van der Waals surface area (Å²) in [5.41, 5.74) is -3.41. The van der Waals surface area contributed by atoms with Gasteiger partial charge in [0.1, 0.15) is 0 Å². The highest BCUT2D eigenvalue weighted by atomic mass is 19.4. The summed E-state index contributed by atoms with van der Waals surface area (Å²) in [5, 5.41) is 0. The molecule has 0 N–H and O–H groups in total. The molecular formula is C17H22F8O2. The van der Waals surface area contributed by atoms with Gasteiger partial charge in [0.05, 0.1) is 5.92 Å². The summed E-state index contributed by atoms with van der Waals surface area (Å²) < 4.78 is 111. The van der Waals surface area contributed by atoms with Crippen molar-refractivity contribution in [2.45, 2.75) is 70.3 Å². The van der Waals surface area contributed by atoms with Crippen molar-refractivity contribution in [3.8, 4) is 0 Å². The van der Waals surface area contributed by atoms with E-state index in [0.29, 0.717) is 32.6 Å². The van der Waals surface area contributed by atoms with E-state index in [4.69, 9.17) is 0 Å². The molecule has 0 radical (unpaired) electrons. The number of alkyl halides is 8. The van der Waals surface area contributed by atoms with Gasteiger partial charge < -0.3 is 4.74 Å².